The summed E-state index contributed by atoms with van der Waals surface area (Å²) in [5.41, 5.74) is 4.42. The molecule has 148 valence electrons. The molecular formula is C24H20N4OS. The van der Waals surface area contributed by atoms with Crippen molar-refractivity contribution in [1.29, 1.82) is 10.5 Å². The molecule has 30 heavy (non-hydrogen) atoms. The summed E-state index contributed by atoms with van der Waals surface area (Å²) in [6, 6.07) is 15.9. The average Bonchev–Trinajstić information content (AvgIpc) is 3.35. The van der Waals surface area contributed by atoms with E-state index in [9.17, 15) is 15.3 Å². The van der Waals surface area contributed by atoms with Gasteiger partial charge in [0.05, 0.1) is 5.56 Å². The lowest BCUT2D eigenvalue weighted by Crippen LogP contribution is -2.13. The first kappa shape index (κ1) is 19.7. The molecule has 0 bridgehead atoms. The second-order valence-corrected chi connectivity index (χ2v) is 8.35. The largest absolute Gasteiger partial charge is 0.317 e. The topological polar surface area (TPSA) is 81.6 Å². The molecule has 3 aromatic rings. The number of rotatable bonds is 4. The van der Waals surface area contributed by atoms with Crippen LogP contribution in [-0.2, 0) is 17.6 Å². The quantitative estimate of drug-likeness (QED) is 0.476. The van der Waals surface area contributed by atoms with Crippen LogP contribution < -0.4 is 5.32 Å². The average molecular weight is 413 g/mol. The summed E-state index contributed by atoms with van der Waals surface area (Å²) in [5.74, 6) is -0.495. The van der Waals surface area contributed by atoms with Gasteiger partial charge in [0, 0.05) is 22.5 Å². The summed E-state index contributed by atoms with van der Waals surface area (Å²) in [6.07, 6.45) is 7.46. The smallest absolute Gasteiger partial charge is 0.267 e. The number of nitrogens with one attached hydrogen (secondary N) is 1. The highest BCUT2D eigenvalue weighted by Crippen LogP contribution is 2.37. The molecule has 0 fully saturated rings. The maximum absolute atomic E-state index is 12.9. The van der Waals surface area contributed by atoms with E-state index < -0.39 is 5.91 Å². The van der Waals surface area contributed by atoms with Crippen molar-refractivity contribution in [2.45, 2.75) is 32.6 Å². The highest BCUT2D eigenvalue weighted by atomic mass is 32.1. The van der Waals surface area contributed by atoms with Crippen LogP contribution in [-0.4, -0.2) is 10.5 Å². The summed E-state index contributed by atoms with van der Waals surface area (Å²) >= 11 is 1.46. The van der Waals surface area contributed by atoms with Gasteiger partial charge in [0.25, 0.3) is 5.91 Å². The second-order valence-electron chi connectivity index (χ2n) is 7.24. The minimum Gasteiger partial charge on any atom is -0.317 e. The van der Waals surface area contributed by atoms with Crippen LogP contribution in [0.2, 0.25) is 0 Å². The lowest BCUT2D eigenvalue weighted by molar-refractivity contribution is -0.112. The number of nitrogens with zero attached hydrogens (tertiary/aromatic N) is 3. The number of benzene rings is 1. The molecule has 0 saturated heterocycles. The maximum atomic E-state index is 12.9. The molecular weight excluding hydrogens is 392 g/mol. The first-order valence-electron chi connectivity index (χ1n) is 9.83. The van der Waals surface area contributed by atoms with Gasteiger partial charge in [0.1, 0.15) is 22.7 Å². The normalized spacial score (nSPS) is 13.2. The lowest BCUT2D eigenvalue weighted by Gasteiger charge is -2.10. The van der Waals surface area contributed by atoms with E-state index in [2.05, 4.69) is 11.4 Å². The fraction of sp³-hybridized carbons (Fsp3) is 0.208. The molecule has 1 amide bonds. The standard InChI is InChI=1S/C24H20N4OS/c1-16-7-2-4-10-21(16)28-12-6-8-18(28)13-17(14-25)23(29)27-24-20(15-26)19-9-3-5-11-22(19)30-24/h2,4,6-8,10,12-13H,3,5,9,11H2,1H3,(H,27,29)/b17-13+. The molecule has 1 aliphatic rings. The molecule has 0 aliphatic heterocycles. The van der Waals surface area contributed by atoms with Gasteiger partial charge in [-0.15, -0.1) is 11.3 Å². The molecule has 2 heterocycles. The first-order chi connectivity index (χ1) is 14.6. The molecule has 0 saturated carbocycles. The first-order valence-corrected chi connectivity index (χ1v) is 10.6. The highest BCUT2D eigenvalue weighted by Gasteiger charge is 2.22. The molecule has 0 spiro atoms. The van der Waals surface area contributed by atoms with Gasteiger partial charge in [0.15, 0.2) is 0 Å². The minimum absolute atomic E-state index is 0.00111. The van der Waals surface area contributed by atoms with Crippen molar-refractivity contribution < 1.29 is 4.79 Å². The Bertz CT molecular complexity index is 1230. The van der Waals surface area contributed by atoms with Crippen LogP contribution in [0, 0.1) is 29.6 Å². The summed E-state index contributed by atoms with van der Waals surface area (Å²) in [6.45, 7) is 2.02. The van der Waals surface area contributed by atoms with E-state index in [-0.39, 0.29) is 5.57 Å². The van der Waals surface area contributed by atoms with Gasteiger partial charge in [-0.2, -0.15) is 10.5 Å². The number of amides is 1. The molecule has 0 unspecified atom stereocenters. The number of hydrogen-bond acceptors (Lipinski definition) is 4. The molecule has 1 N–H and O–H groups in total. The molecule has 0 atom stereocenters. The van der Waals surface area contributed by atoms with Crippen molar-refractivity contribution in [2.24, 2.45) is 0 Å². The van der Waals surface area contributed by atoms with Crippen LogP contribution in [0.15, 0.2) is 48.2 Å². The van der Waals surface area contributed by atoms with Gasteiger partial charge in [-0.05, 0) is 68.0 Å². The van der Waals surface area contributed by atoms with Gasteiger partial charge >= 0.3 is 0 Å². The van der Waals surface area contributed by atoms with Crippen LogP contribution in [0.25, 0.3) is 11.8 Å². The van der Waals surface area contributed by atoms with Crippen molar-refractivity contribution in [1.82, 2.24) is 4.57 Å². The van der Waals surface area contributed by atoms with Crippen molar-refractivity contribution in [2.75, 3.05) is 5.32 Å². The van der Waals surface area contributed by atoms with Gasteiger partial charge in [0.2, 0.25) is 0 Å². The van der Waals surface area contributed by atoms with Gasteiger partial charge < -0.3 is 9.88 Å². The number of nitriles is 2. The van der Waals surface area contributed by atoms with E-state index in [1.807, 2.05) is 60.2 Å². The number of carbonyl (C=O) groups is 1. The summed E-state index contributed by atoms with van der Waals surface area (Å²) in [4.78, 5) is 14.0. The van der Waals surface area contributed by atoms with Crippen LogP contribution in [0.4, 0.5) is 5.00 Å². The van der Waals surface area contributed by atoms with E-state index in [1.54, 1.807) is 6.08 Å². The van der Waals surface area contributed by atoms with Crippen molar-refractivity contribution in [3.8, 4) is 17.8 Å². The van der Waals surface area contributed by atoms with E-state index in [1.165, 1.54) is 16.2 Å². The van der Waals surface area contributed by atoms with E-state index in [4.69, 9.17) is 0 Å². The van der Waals surface area contributed by atoms with Crippen LogP contribution >= 0.6 is 11.3 Å². The molecule has 4 rings (SSSR count). The summed E-state index contributed by atoms with van der Waals surface area (Å²) < 4.78 is 1.95. The Kier molecular flexibility index (Phi) is 5.52. The predicted octanol–water partition coefficient (Wildman–Crippen LogP) is 5.14. The Morgan fingerprint density at radius 1 is 1.17 bits per heavy atom. The minimum atomic E-state index is -0.495. The number of aromatic nitrogens is 1. The number of hydrogen-bond donors (Lipinski definition) is 1. The molecule has 2 aromatic heterocycles. The molecule has 1 aliphatic carbocycles. The van der Waals surface area contributed by atoms with Gasteiger partial charge in [-0.3, -0.25) is 4.79 Å². The van der Waals surface area contributed by atoms with E-state index >= 15 is 0 Å². The Morgan fingerprint density at radius 2 is 1.97 bits per heavy atom. The lowest BCUT2D eigenvalue weighted by atomic mass is 9.96. The number of aryl methyl sites for hydroxylation is 2. The van der Waals surface area contributed by atoms with Crippen molar-refractivity contribution in [3.05, 3.63) is 75.4 Å². The second kappa shape index (κ2) is 8.41. The Balaban J connectivity index is 1.64. The van der Waals surface area contributed by atoms with Crippen molar-refractivity contribution in [3.63, 3.8) is 0 Å². The van der Waals surface area contributed by atoms with Crippen LogP contribution in [0.3, 0.4) is 0 Å². The summed E-state index contributed by atoms with van der Waals surface area (Å²) in [7, 11) is 0. The zero-order valence-electron chi connectivity index (χ0n) is 16.6. The Hall–Kier alpha value is -3.61. The highest BCUT2D eigenvalue weighted by molar-refractivity contribution is 7.16. The molecule has 6 heteroatoms. The predicted molar refractivity (Wildman–Crippen MR) is 118 cm³/mol. The zero-order valence-corrected chi connectivity index (χ0v) is 17.4. The Labute approximate surface area is 179 Å². The third-order valence-electron chi connectivity index (χ3n) is 5.32. The number of para-hydroxylation sites is 1. The van der Waals surface area contributed by atoms with Gasteiger partial charge in [-0.25, -0.2) is 0 Å². The molecule has 1 aromatic carbocycles. The molecule has 0 radical (unpaired) electrons. The van der Waals surface area contributed by atoms with E-state index in [0.29, 0.717) is 10.6 Å². The van der Waals surface area contributed by atoms with E-state index in [0.717, 1.165) is 48.2 Å². The number of thiophene rings is 1. The SMILES string of the molecule is Cc1ccccc1-n1cccc1/C=C(\C#N)C(=O)Nc1sc2c(c1C#N)CCCC2. The Morgan fingerprint density at radius 3 is 2.73 bits per heavy atom. The van der Waals surface area contributed by atoms with Crippen molar-refractivity contribution >= 4 is 28.3 Å². The zero-order chi connectivity index (χ0) is 21.1. The third kappa shape index (κ3) is 3.66. The number of anilines is 1. The van der Waals surface area contributed by atoms with Crippen LogP contribution in [0.5, 0.6) is 0 Å². The van der Waals surface area contributed by atoms with Gasteiger partial charge in [-0.1, -0.05) is 18.2 Å². The molecule has 5 nitrogen and oxygen atoms in total. The van der Waals surface area contributed by atoms with Crippen LogP contribution in [0.1, 0.15) is 40.1 Å². The third-order valence-corrected chi connectivity index (χ3v) is 6.53. The monoisotopic (exact) mass is 412 g/mol. The fourth-order valence-corrected chi connectivity index (χ4v) is 5.04. The number of carbonyl (C=O) groups excluding carboxylic acids is 1. The maximum Gasteiger partial charge on any atom is 0.267 e. The number of fused-ring (bicyclic) bond motifs is 1. The summed E-state index contributed by atoms with van der Waals surface area (Å²) in [5, 5.41) is 22.6. The fourth-order valence-electron chi connectivity index (χ4n) is 3.80.